The number of alkyl halides is 6. The van der Waals surface area contributed by atoms with Crippen LogP contribution in [0.3, 0.4) is 0 Å². The number of hydrogen-bond acceptors (Lipinski definition) is 6. The van der Waals surface area contributed by atoms with Crippen molar-refractivity contribution in [3.05, 3.63) is 76.8 Å². The number of fused-ring (bicyclic) bond motifs is 1. The molecular formula is C24H18F6N4O3. The Bertz CT molecular complexity index is 1450. The zero-order valence-corrected chi connectivity index (χ0v) is 19.0. The molecule has 13 heteroatoms. The summed E-state index contributed by atoms with van der Waals surface area (Å²) in [6, 6.07) is 9.13. The molecule has 37 heavy (non-hydrogen) atoms. The number of pyridine rings is 1. The highest BCUT2D eigenvalue weighted by Crippen LogP contribution is 2.37. The van der Waals surface area contributed by atoms with Crippen LogP contribution in [0.1, 0.15) is 33.1 Å². The average molecular weight is 524 g/mol. The van der Waals surface area contributed by atoms with Gasteiger partial charge in [-0.15, -0.1) is 0 Å². The Balaban J connectivity index is 1.64. The number of rotatable bonds is 6. The van der Waals surface area contributed by atoms with E-state index in [9.17, 15) is 31.1 Å². The number of oxazole rings is 1. The second-order valence-electron chi connectivity index (χ2n) is 7.78. The van der Waals surface area contributed by atoms with E-state index in [-0.39, 0.29) is 52.7 Å². The molecule has 4 rings (SSSR count). The maximum absolute atomic E-state index is 13.2. The molecule has 4 aromatic rings. The summed E-state index contributed by atoms with van der Waals surface area (Å²) >= 11 is 0. The van der Waals surface area contributed by atoms with Crippen LogP contribution in [0.25, 0.3) is 22.4 Å². The second kappa shape index (κ2) is 9.73. The molecule has 1 amide bonds. The van der Waals surface area contributed by atoms with E-state index >= 15 is 0 Å². The van der Waals surface area contributed by atoms with Crippen molar-refractivity contribution in [1.29, 1.82) is 0 Å². The third-order valence-corrected chi connectivity index (χ3v) is 5.39. The smallest absolute Gasteiger partial charge is 0.433 e. The number of halogens is 6. The molecule has 0 spiro atoms. The van der Waals surface area contributed by atoms with Gasteiger partial charge in [-0.3, -0.25) is 4.79 Å². The van der Waals surface area contributed by atoms with Gasteiger partial charge in [0, 0.05) is 17.5 Å². The van der Waals surface area contributed by atoms with Gasteiger partial charge in [0.05, 0.1) is 19.2 Å². The monoisotopic (exact) mass is 524 g/mol. The molecule has 2 heterocycles. The van der Waals surface area contributed by atoms with Crippen molar-refractivity contribution in [3.63, 3.8) is 0 Å². The molecule has 2 aromatic carbocycles. The quantitative estimate of drug-likeness (QED) is 0.331. The van der Waals surface area contributed by atoms with Crippen molar-refractivity contribution >= 4 is 16.8 Å². The van der Waals surface area contributed by atoms with Crippen molar-refractivity contribution in [2.45, 2.75) is 25.4 Å². The molecule has 0 aliphatic heterocycles. The van der Waals surface area contributed by atoms with E-state index in [1.165, 1.54) is 37.4 Å². The van der Waals surface area contributed by atoms with E-state index in [0.717, 1.165) is 18.2 Å². The standard InChI is InChI=1S/C24H18F6N4O3/c1-36-16-8-6-15(14-7-9-18(24(28,29)30)33-19(14)16)22-34-20(17(10-31)37-22)21(35)32-11-12-2-4-13(5-3-12)23(25,26)27/h2-9H,10-11,31H2,1H3,(H,32,35). The summed E-state index contributed by atoms with van der Waals surface area (Å²) in [4.78, 5) is 20.6. The molecule has 7 nitrogen and oxygen atoms in total. The SMILES string of the molecule is COc1ccc(-c2nc(C(=O)NCc3ccc(C(F)(F)F)cc3)c(CN)o2)c2ccc(C(F)(F)F)nc12. The Hall–Kier alpha value is -4.13. The molecule has 0 aliphatic carbocycles. The van der Waals surface area contributed by atoms with Crippen LogP contribution >= 0.6 is 0 Å². The fraction of sp³-hybridized carbons (Fsp3) is 0.208. The maximum Gasteiger partial charge on any atom is 0.433 e. The lowest BCUT2D eigenvalue weighted by Gasteiger charge is -2.11. The molecule has 0 unspecified atom stereocenters. The lowest BCUT2D eigenvalue weighted by molar-refractivity contribution is -0.141. The number of carbonyl (C=O) groups excluding carboxylic acids is 1. The summed E-state index contributed by atoms with van der Waals surface area (Å²) < 4.78 is 88.6. The van der Waals surface area contributed by atoms with E-state index in [1.807, 2.05) is 0 Å². The van der Waals surface area contributed by atoms with Gasteiger partial charge in [-0.1, -0.05) is 12.1 Å². The molecule has 0 saturated heterocycles. The van der Waals surface area contributed by atoms with Crippen molar-refractivity contribution in [2.24, 2.45) is 5.73 Å². The van der Waals surface area contributed by atoms with E-state index < -0.39 is 29.5 Å². The lowest BCUT2D eigenvalue weighted by Crippen LogP contribution is -2.24. The first-order valence-electron chi connectivity index (χ1n) is 10.6. The molecule has 0 saturated carbocycles. The van der Waals surface area contributed by atoms with Gasteiger partial charge in [0.1, 0.15) is 17.0 Å². The second-order valence-corrected chi connectivity index (χ2v) is 7.78. The number of benzene rings is 2. The summed E-state index contributed by atoms with van der Waals surface area (Å²) in [5.41, 5.74) is 4.15. The van der Waals surface area contributed by atoms with Crippen LogP contribution in [0, 0.1) is 0 Å². The third kappa shape index (κ3) is 5.35. The Kier molecular flexibility index (Phi) is 6.82. The maximum atomic E-state index is 13.2. The van der Waals surface area contributed by atoms with Gasteiger partial charge in [0.25, 0.3) is 5.91 Å². The summed E-state index contributed by atoms with van der Waals surface area (Å²) in [5.74, 6) is -0.700. The van der Waals surface area contributed by atoms with Crippen molar-refractivity contribution in [1.82, 2.24) is 15.3 Å². The van der Waals surface area contributed by atoms with Gasteiger partial charge < -0.3 is 20.2 Å². The van der Waals surface area contributed by atoms with Crippen molar-refractivity contribution < 1.29 is 40.3 Å². The van der Waals surface area contributed by atoms with Gasteiger partial charge in [-0.2, -0.15) is 26.3 Å². The number of carbonyl (C=O) groups is 1. The number of ether oxygens (including phenoxy) is 1. The number of nitrogens with one attached hydrogen (secondary N) is 1. The highest BCUT2D eigenvalue weighted by atomic mass is 19.4. The molecule has 0 fully saturated rings. The first-order valence-corrected chi connectivity index (χ1v) is 10.6. The molecule has 194 valence electrons. The summed E-state index contributed by atoms with van der Waals surface area (Å²) in [5, 5.41) is 2.77. The molecule has 0 aliphatic rings. The van der Waals surface area contributed by atoms with Crippen LogP contribution < -0.4 is 15.8 Å². The molecular weight excluding hydrogens is 506 g/mol. The minimum atomic E-state index is -4.68. The minimum Gasteiger partial charge on any atom is -0.494 e. The van der Waals surface area contributed by atoms with Crippen molar-refractivity contribution in [2.75, 3.05) is 7.11 Å². The number of amides is 1. The number of nitrogens with zero attached hydrogens (tertiary/aromatic N) is 2. The Labute approximate surface area is 205 Å². The average Bonchev–Trinajstić information content (AvgIpc) is 3.30. The Morgan fingerprint density at radius 1 is 0.973 bits per heavy atom. The normalized spacial score (nSPS) is 12.1. The minimum absolute atomic E-state index is 0.00348. The zero-order valence-electron chi connectivity index (χ0n) is 19.0. The molecule has 3 N–H and O–H groups in total. The highest BCUT2D eigenvalue weighted by molar-refractivity contribution is 5.98. The van der Waals surface area contributed by atoms with E-state index in [4.69, 9.17) is 14.9 Å². The van der Waals surface area contributed by atoms with E-state index in [1.54, 1.807) is 0 Å². The van der Waals surface area contributed by atoms with Crippen LogP contribution in [-0.4, -0.2) is 23.0 Å². The molecule has 0 radical (unpaired) electrons. The molecule has 2 aromatic heterocycles. The summed E-state index contributed by atoms with van der Waals surface area (Å²) in [7, 11) is 1.28. The van der Waals surface area contributed by atoms with E-state index in [0.29, 0.717) is 5.56 Å². The number of methoxy groups -OCH3 is 1. The number of nitrogens with two attached hydrogens (primary N) is 1. The predicted molar refractivity (Wildman–Crippen MR) is 119 cm³/mol. The Morgan fingerprint density at radius 2 is 1.68 bits per heavy atom. The molecule has 0 bridgehead atoms. The van der Waals surface area contributed by atoms with Crippen LogP contribution in [0.4, 0.5) is 26.3 Å². The lowest BCUT2D eigenvalue weighted by atomic mass is 10.1. The van der Waals surface area contributed by atoms with Gasteiger partial charge in [-0.25, -0.2) is 9.97 Å². The number of aromatic nitrogens is 2. The highest BCUT2D eigenvalue weighted by Gasteiger charge is 2.33. The van der Waals surface area contributed by atoms with Crippen LogP contribution in [0.2, 0.25) is 0 Å². The van der Waals surface area contributed by atoms with Crippen LogP contribution in [-0.2, 0) is 25.4 Å². The van der Waals surface area contributed by atoms with Crippen LogP contribution in [0.15, 0.2) is 52.9 Å². The first kappa shape index (κ1) is 25.9. The molecule has 0 atom stereocenters. The van der Waals surface area contributed by atoms with E-state index in [2.05, 4.69) is 15.3 Å². The van der Waals surface area contributed by atoms with Gasteiger partial charge in [0.15, 0.2) is 11.5 Å². The topological polar surface area (TPSA) is 103 Å². The number of hydrogen-bond donors (Lipinski definition) is 2. The Morgan fingerprint density at radius 3 is 2.27 bits per heavy atom. The van der Waals surface area contributed by atoms with Crippen LogP contribution in [0.5, 0.6) is 5.75 Å². The van der Waals surface area contributed by atoms with Gasteiger partial charge in [-0.05, 0) is 42.0 Å². The van der Waals surface area contributed by atoms with Gasteiger partial charge >= 0.3 is 12.4 Å². The summed E-state index contributed by atoms with van der Waals surface area (Å²) in [6.45, 7) is -0.320. The first-order chi connectivity index (χ1) is 17.4. The largest absolute Gasteiger partial charge is 0.494 e. The predicted octanol–water partition coefficient (Wildman–Crippen LogP) is 5.32. The van der Waals surface area contributed by atoms with Crippen molar-refractivity contribution in [3.8, 4) is 17.2 Å². The third-order valence-electron chi connectivity index (χ3n) is 5.39. The summed E-state index contributed by atoms with van der Waals surface area (Å²) in [6.07, 6.45) is -9.16. The fourth-order valence-electron chi connectivity index (χ4n) is 3.56. The fourth-order valence-corrected chi connectivity index (χ4v) is 3.56. The van der Waals surface area contributed by atoms with Gasteiger partial charge in [0.2, 0.25) is 5.89 Å². The zero-order chi connectivity index (χ0) is 27.0.